The largest absolute Gasteiger partial charge is 0.462 e. The summed E-state index contributed by atoms with van der Waals surface area (Å²) in [6.45, 7) is 4.54. The number of nitrogens with zero attached hydrogens (tertiary/aromatic N) is 1. The number of rotatable bonds is 6. The fourth-order valence-electron chi connectivity index (χ4n) is 2.51. The van der Waals surface area contributed by atoms with Gasteiger partial charge in [-0.15, -0.1) is 0 Å². The average Bonchev–Trinajstić information content (AvgIpc) is 2.78. The maximum absolute atomic E-state index is 12.8. The predicted octanol–water partition coefficient (Wildman–Crippen LogP) is 3.16. The molecule has 2 rings (SSSR count). The first-order chi connectivity index (χ1) is 11.5. The minimum Gasteiger partial charge on any atom is -0.462 e. The fourth-order valence-corrected chi connectivity index (χ4v) is 2.77. The maximum Gasteiger partial charge on any atom is 0.340 e. The lowest BCUT2D eigenvalue weighted by Gasteiger charge is -2.16. The van der Waals surface area contributed by atoms with E-state index in [-0.39, 0.29) is 12.5 Å². The van der Waals surface area contributed by atoms with E-state index in [0.29, 0.717) is 30.0 Å². The smallest absolute Gasteiger partial charge is 0.340 e. The molecule has 0 fully saturated rings. The summed E-state index contributed by atoms with van der Waals surface area (Å²) in [5.41, 5.74) is 2.11. The van der Waals surface area contributed by atoms with Crippen LogP contribution in [0.4, 0.5) is 0 Å². The molecule has 6 heteroatoms. The molecule has 1 heterocycles. The van der Waals surface area contributed by atoms with Gasteiger partial charge in [0.25, 0.3) is 5.91 Å². The van der Waals surface area contributed by atoms with Crippen molar-refractivity contribution in [2.75, 3.05) is 26.9 Å². The molecule has 1 aromatic carbocycles. The lowest BCUT2D eigenvalue weighted by atomic mass is 10.0. The molecule has 1 aromatic rings. The van der Waals surface area contributed by atoms with Crippen LogP contribution >= 0.6 is 15.9 Å². The van der Waals surface area contributed by atoms with E-state index in [1.807, 2.05) is 24.3 Å². The third-order valence-corrected chi connectivity index (χ3v) is 4.22. The fraction of sp³-hybridized carbons (Fsp3) is 0.333. The van der Waals surface area contributed by atoms with Crippen molar-refractivity contribution >= 4 is 33.9 Å². The highest BCUT2D eigenvalue weighted by Crippen LogP contribution is 2.31. The molecule has 5 nitrogen and oxygen atoms in total. The Morgan fingerprint density at radius 3 is 2.54 bits per heavy atom. The van der Waals surface area contributed by atoms with Gasteiger partial charge in [-0.1, -0.05) is 28.1 Å². The number of allylic oxidation sites excluding steroid dienone is 1. The van der Waals surface area contributed by atoms with Crippen LogP contribution in [0.2, 0.25) is 0 Å². The summed E-state index contributed by atoms with van der Waals surface area (Å²) < 4.78 is 11.1. The molecule has 0 N–H and O–H groups in total. The van der Waals surface area contributed by atoms with E-state index in [9.17, 15) is 9.59 Å². The van der Waals surface area contributed by atoms with Gasteiger partial charge in [-0.3, -0.25) is 4.79 Å². The van der Waals surface area contributed by atoms with Crippen LogP contribution < -0.4 is 0 Å². The molecule has 24 heavy (non-hydrogen) atoms. The van der Waals surface area contributed by atoms with Gasteiger partial charge in [-0.25, -0.2) is 4.79 Å². The second-order valence-corrected chi connectivity index (χ2v) is 6.16. The van der Waals surface area contributed by atoms with Gasteiger partial charge in [-0.2, -0.15) is 0 Å². The van der Waals surface area contributed by atoms with Gasteiger partial charge in [0, 0.05) is 23.8 Å². The molecular weight excluding hydrogens is 374 g/mol. The highest BCUT2D eigenvalue weighted by atomic mass is 79.9. The quantitative estimate of drug-likeness (QED) is 0.550. The summed E-state index contributed by atoms with van der Waals surface area (Å²) in [6, 6.07) is 7.52. The van der Waals surface area contributed by atoms with Gasteiger partial charge in [-0.05, 0) is 37.6 Å². The van der Waals surface area contributed by atoms with E-state index in [0.717, 1.165) is 10.0 Å². The number of amides is 1. The summed E-state index contributed by atoms with van der Waals surface area (Å²) in [4.78, 5) is 26.6. The lowest BCUT2D eigenvalue weighted by molar-refractivity contribution is -0.138. The van der Waals surface area contributed by atoms with Crippen LogP contribution in [0, 0.1) is 0 Å². The zero-order valence-corrected chi connectivity index (χ0v) is 15.6. The van der Waals surface area contributed by atoms with Gasteiger partial charge in [0.2, 0.25) is 0 Å². The molecule has 0 atom stereocenters. The molecular formula is C18H20BrNO4. The van der Waals surface area contributed by atoms with Crippen molar-refractivity contribution in [2.45, 2.75) is 13.8 Å². The van der Waals surface area contributed by atoms with E-state index in [1.54, 1.807) is 31.9 Å². The number of esters is 1. The molecule has 1 aliphatic rings. The van der Waals surface area contributed by atoms with Gasteiger partial charge in [0.1, 0.15) is 0 Å². The number of halogens is 1. The number of carbonyl (C=O) groups excluding carboxylic acids is 2. The van der Waals surface area contributed by atoms with E-state index in [4.69, 9.17) is 9.47 Å². The van der Waals surface area contributed by atoms with Crippen LogP contribution in [0.5, 0.6) is 0 Å². The first-order valence-corrected chi connectivity index (χ1v) is 8.45. The summed E-state index contributed by atoms with van der Waals surface area (Å²) in [6.07, 6.45) is 1.72. The Balaban J connectivity index is 2.44. The van der Waals surface area contributed by atoms with Crippen LogP contribution in [0.3, 0.4) is 0 Å². The van der Waals surface area contributed by atoms with Crippen molar-refractivity contribution in [3.63, 3.8) is 0 Å². The molecule has 1 aliphatic heterocycles. The van der Waals surface area contributed by atoms with Crippen molar-refractivity contribution in [1.82, 2.24) is 4.90 Å². The average molecular weight is 394 g/mol. The van der Waals surface area contributed by atoms with Crippen molar-refractivity contribution in [1.29, 1.82) is 0 Å². The maximum atomic E-state index is 12.8. The highest BCUT2D eigenvalue weighted by molar-refractivity contribution is 9.10. The minimum absolute atomic E-state index is 0.212. The molecule has 0 radical (unpaired) electrons. The summed E-state index contributed by atoms with van der Waals surface area (Å²) in [5.74, 6) is -0.692. The van der Waals surface area contributed by atoms with Crippen LogP contribution in [0.25, 0.3) is 6.08 Å². The normalized spacial score (nSPS) is 16.2. The number of carbonyl (C=O) groups is 2. The monoisotopic (exact) mass is 393 g/mol. The molecule has 128 valence electrons. The second-order valence-electron chi connectivity index (χ2n) is 5.24. The number of methoxy groups -OCH3 is 1. The zero-order chi connectivity index (χ0) is 17.7. The van der Waals surface area contributed by atoms with Crippen molar-refractivity contribution < 1.29 is 19.1 Å². The van der Waals surface area contributed by atoms with Gasteiger partial charge in [0.05, 0.1) is 24.4 Å². The Morgan fingerprint density at radius 2 is 1.96 bits per heavy atom. The number of hydrogen-bond donors (Lipinski definition) is 0. The first-order valence-electron chi connectivity index (χ1n) is 7.66. The van der Waals surface area contributed by atoms with Gasteiger partial charge >= 0.3 is 5.97 Å². The highest BCUT2D eigenvalue weighted by Gasteiger charge is 2.36. The standard InChI is InChI=1S/C18H20BrNO4/c1-4-24-18(22)16-12(2)20(9-10-23-3)17(21)15(16)11-13-5-7-14(19)8-6-13/h5-8,11H,4,9-10H2,1-3H3/b15-11-. The van der Waals surface area contributed by atoms with E-state index in [1.165, 1.54) is 0 Å². The summed E-state index contributed by atoms with van der Waals surface area (Å²) in [7, 11) is 1.57. The predicted molar refractivity (Wildman–Crippen MR) is 95.0 cm³/mol. The van der Waals surface area contributed by atoms with Crippen molar-refractivity contribution in [3.05, 3.63) is 51.1 Å². The number of benzene rings is 1. The SMILES string of the molecule is CCOC(=O)C1=C(C)N(CCOC)C(=O)/C1=C\c1ccc(Br)cc1. The summed E-state index contributed by atoms with van der Waals surface area (Å²) >= 11 is 3.38. The third kappa shape index (κ3) is 3.94. The number of hydrogen-bond acceptors (Lipinski definition) is 4. The topological polar surface area (TPSA) is 55.8 Å². The van der Waals surface area contributed by atoms with Crippen LogP contribution in [0.15, 0.2) is 45.6 Å². The molecule has 0 unspecified atom stereocenters. The molecule has 0 saturated heterocycles. The zero-order valence-electron chi connectivity index (χ0n) is 14.0. The Morgan fingerprint density at radius 1 is 1.29 bits per heavy atom. The second kappa shape index (κ2) is 8.26. The van der Waals surface area contributed by atoms with Crippen LogP contribution in [-0.4, -0.2) is 43.6 Å². The molecule has 0 aliphatic carbocycles. The molecule has 0 saturated carbocycles. The van der Waals surface area contributed by atoms with Gasteiger partial charge in [0.15, 0.2) is 0 Å². The lowest BCUT2D eigenvalue weighted by Crippen LogP contribution is -2.28. The Kier molecular flexibility index (Phi) is 6.34. The minimum atomic E-state index is -0.480. The van der Waals surface area contributed by atoms with E-state index < -0.39 is 5.97 Å². The van der Waals surface area contributed by atoms with Crippen molar-refractivity contribution in [2.24, 2.45) is 0 Å². The van der Waals surface area contributed by atoms with Crippen molar-refractivity contribution in [3.8, 4) is 0 Å². The molecule has 0 aromatic heterocycles. The third-order valence-electron chi connectivity index (χ3n) is 3.69. The van der Waals surface area contributed by atoms with E-state index in [2.05, 4.69) is 15.9 Å². The molecule has 0 bridgehead atoms. The van der Waals surface area contributed by atoms with Crippen LogP contribution in [0.1, 0.15) is 19.4 Å². The number of ether oxygens (including phenoxy) is 2. The van der Waals surface area contributed by atoms with Crippen LogP contribution in [-0.2, 0) is 19.1 Å². The van der Waals surface area contributed by atoms with E-state index >= 15 is 0 Å². The molecule has 1 amide bonds. The Labute approximate surface area is 150 Å². The molecule has 0 spiro atoms. The Hall–Kier alpha value is -1.92. The summed E-state index contributed by atoms with van der Waals surface area (Å²) in [5, 5.41) is 0. The van der Waals surface area contributed by atoms with Gasteiger partial charge < -0.3 is 14.4 Å². The Bertz CT molecular complexity index is 691. The first kappa shape index (κ1) is 18.4.